The Morgan fingerprint density at radius 3 is 2.45 bits per heavy atom. The summed E-state index contributed by atoms with van der Waals surface area (Å²) >= 11 is 0. The monoisotopic (exact) mass is 520 g/mol. The molecule has 9 nitrogen and oxygen atoms in total. The normalized spacial score (nSPS) is 24.2. The molecule has 1 N–H and O–H groups in total. The zero-order valence-electron chi connectivity index (χ0n) is 22.2. The summed E-state index contributed by atoms with van der Waals surface area (Å²) in [5, 5.41) is 3.02. The smallest absolute Gasteiger partial charge is 0.248 e. The van der Waals surface area contributed by atoms with Crippen LogP contribution in [0.15, 0.2) is 36.5 Å². The molecule has 9 heteroatoms. The van der Waals surface area contributed by atoms with Crippen molar-refractivity contribution in [2.75, 3.05) is 51.4 Å². The Morgan fingerprint density at radius 1 is 1.05 bits per heavy atom. The van der Waals surface area contributed by atoms with Crippen LogP contribution in [0.3, 0.4) is 0 Å². The number of Topliss-reactive ketones (excluding diaryl/α,β-unsaturated/α-hetero) is 1. The Hall–Kier alpha value is -3.30. The van der Waals surface area contributed by atoms with Gasteiger partial charge >= 0.3 is 0 Å². The van der Waals surface area contributed by atoms with Crippen molar-refractivity contribution < 1.29 is 23.9 Å². The number of amides is 2. The molecule has 2 aromatic rings. The van der Waals surface area contributed by atoms with Crippen molar-refractivity contribution in [3.05, 3.63) is 42.1 Å². The number of hydrogen-bond donors (Lipinski definition) is 1. The molecule has 1 aromatic heterocycles. The van der Waals surface area contributed by atoms with E-state index in [1.807, 2.05) is 24.3 Å². The van der Waals surface area contributed by atoms with Crippen LogP contribution in [0.4, 0.5) is 5.82 Å². The van der Waals surface area contributed by atoms with E-state index in [0.29, 0.717) is 43.6 Å². The number of methoxy groups -OCH3 is 1. The first-order valence-electron chi connectivity index (χ1n) is 13.5. The summed E-state index contributed by atoms with van der Waals surface area (Å²) in [6.45, 7) is 6.03. The molecule has 0 spiro atoms. The van der Waals surface area contributed by atoms with Crippen molar-refractivity contribution in [1.29, 1.82) is 0 Å². The Kier molecular flexibility index (Phi) is 8.04. The van der Waals surface area contributed by atoms with Crippen LogP contribution in [0.25, 0.3) is 11.1 Å². The SMILES string of the molecule is COc1ccc(-c2cnc3c(c2)C(=O)C(C(=O)NC2CCC(C)CC2)C(=O)N3CCN2CCOCC2)cc1. The first-order valence-corrected chi connectivity index (χ1v) is 13.5. The van der Waals surface area contributed by atoms with Crippen molar-refractivity contribution in [3.8, 4) is 16.9 Å². The molecule has 2 fully saturated rings. The molecule has 3 aliphatic rings. The Balaban J connectivity index is 1.43. The number of benzene rings is 1. The zero-order chi connectivity index (χ0) is 26.6. The van der Waals surface area contributed by atoms with Crippen molar-refractivity contribution in [2.45, 2.75) is 38.6 Å². The van der Waals surface area contributed by atoms with Gasteiger partial charge in [0.2, 0.25) is 11.8 Å². The van der Waals surface area contributed by atoms with Gasteiger partial charge in [-0.15, -0.1) is 0 Å². The molecule has 1 saturated carbocycles. The molecular weight excluding hydrogens is 484 g/mol. The van der Waals surface area contributed by atoms with E-state index in [1.54, 1.807) is 19.4 Å². The number of aromatic nitrogens is 1. The first kappa shape index (κ1) is 26.3. The number of ether oxygens (including phenoxy) is 2. The number of carbonyl (C=O) groups is 3. The van der Waals surface area contributed by atoms with Crippen LogP contribution >= 0.6 is 0 Å². The second-order valence-corrected chi connectivity index (χ2v) is 10.5. The molecular formula is C29H36N4O5. The number of ketones is 1. The van der Waals surface area contributed by atoms with Gasteiger partial charge in [-0.3, -0.25) is 24.2 Å². The average Bonchev–Trinajstić information content (AvgIpc) is 2.95. The highest BCUT2D eigenvalue weighted by atomic mass is 16.5. The molecule has 1 atom stereocenters. The molecule has 1 aromatic carbocycles. The fourth-order valence-electron chi connectivity index (χ4n) is 5.53. The van der Waals surface area contributed by atoms with Gasteiger partial charge in [0.05, 0.1) is 25.9 Å². The molecule has 0 bridgehead atoms. The van der Waals surface area contributed by atoms with E-state index in [4.69, 9.17) is 9.47 Å². The van der Waals surface area contributed by atoms with E-state index in [0.717, 1.165) is 55.6 Å². The first-order chi connectivity index (χ1) is 18.4. The van der Waals surface area contributed by atoms with Gasteiger partial charge in [-0.1, -0.05) is 19.1 Å². The van der Waals surface area contributed by atoms with Crippen LogP contribution in [-0.4, -0.2) is 80.0 Å². The van der Waals surface area contributed by atoms with E-state index in [-0.39, 0.29) is 6.04 Å². The summed E-state index contributed by atoms with van der Waals surface area (Å²) in [6.07, 6.45) is 5.46. The quantitative estimate of drug-likeness (QED) is 0.560. The molecule has 3 heterocycles. The van der Waals surface area contributed by atoms with Crippen molar-refractivity contribution in [3.63, 3.8) is 0 Å². The van der Waals surface area contributed by atoms with Crippen LogP contribution in [0.2, 0.25) is 0 Å². The van der Waals surface area contributed by atoms with Gasteiger partial charge < -0.3 is 14.8 Å². The Morgan fingerprint density at radius 2 is 1.76 bits per heavy atom. The number of nitrogens with one attached hydrogen (secondary N) is 1. The fourth-order valence-corrected chi connectivity index (χ4v) is 5.53. The highest BCUT2D eigenvalue weighted by Crippen LogP contribution is 2.33. The summed E-state index contributed by atoms with van der Waals surface area (Å²) < 4.78 is 10.7. The van der Waals surface area contributed by atoms with Crippen molar-refractivity contribution in [1.82, 2.24) is 15.2 Å². The van der Waals surface area contributed by atoms with Crippen LogP contribution in [0.1, 0.15) is 43.0 Å². The predicted octanol–water partition coefficient (Wildman–Crippen LogP) is 2.93. The standard InChI is InChI=1S/C29H36N4O5/c1-19-3-7-22(8-4-19)31-28(35)25-26(34)24-17-21(20-5-9-23(37-2)10-6-20)18-30-27(24)33(29(25)36)12-11-32-13-15-38-16-14-32/h5-6,9-10,17-19,22,25H,3-4,7-8,11-16H2,1-2H3,(H,31,35). The third-order valence-electron chi connectivity index (χ3n) is 7.95. The van der Waals surface area contributed by atoms with Crippen LogP contribution < -0.4 is 15.0 Å². The molecule has 1 saturated heterocycles. The highest BCUT2D eigenvalue weighted by molar-refractivity contribution is 6.30. The van der Waals surface area contributed by atoms with Gasteiger partial charge in [0, 0.05) is 44.0 Å². The van der Waals surface area contributed by atoms with E-state index in [1.165, 1.54) is 4.90 Å². The lowest BCUT2D eigenvalue weighted by molar-refractivity contribution is -0.132. The van der Waals surface area contributed by atoms with E-state index < -0.39 is 23.5 Å². The third kappa shape index (κ3) is 5.59. The number of morpholine rings is 1. The van der Waals surface area contributed by atoms with Gasteiger partial charge in [0.15, 0.2) is 11.7 Å². The Labute approximate surface area is 223 Å². The van der Waals surface area contributed by atoms with Gasteiger partial charge in [-0.2, -0.15) is 0 Å². The van der Waals surface area contributed by atoms with E-state index >= 15 is 0 Å². The minimum Gasteiger partial charge on any atom is -0.497 e. The number of pyridine rings is 1. The highest BCUT2D eigenvalue weighted by Gasteiger charge is 2.45. The number of carbonyl (C=O) groups excluding carboxylic acids is 3. The van der Waals surface area contributed by atoms with Crippen molar-refractivity contribution in [2.24, 2.45) is 11.8 Å². The van der Waals surface area contributed by atoms with Gasteiger partial charge in [0.1, 0.15) is 11.6 Å². The van der Waals surface area contributed by atoms with E-state index in [2.05, 4.69) is 22.1 Å². The molecule has 38 heavy (non-hydrogen) atoms. The molecule has 5 rings (SSSR count). The second kappa shape index (κ2) is 11.6. The van der Waals surface area contributed by atoms with Gasteiger partial charge in [-0.05, 0) is 55.4 Å². The maximum absolute atomic E-state index is 13.7. The minimum atomic E-state index is -1.40. The number of anilines is 1. The van der Waals surface area contributed by atoms with Crippen LogP contribution in [-0.2, 0) is 14.3 Å². The summed E-state index contributed by atoms with van der Waals surface area (Å²) in [6, 6.07) is 9.22. The third-order valence-corrected chi connectivity index (χ3v) is 7.95. The summed E-state index contributed by atoms with van der Waals surface area (Å²) in [5.41, 5.74) is 1.91. The van der Waals surface area contributed by atoms with E-state index in [9.17, 15) is 14.4 Å². The largest absolute Gasteiger partial charge is 0.497 e. The van der Waals surface area contributed by atoms with Gasteiger partial charge in [-0.25, -0.2) is 4.98 Å². The summed E-state index contributed by atoms with van der Waals surface area (Å²) in [7, 11) is 1.61. The summed E-state index contributed by atoms with van der Waals surface area (Å²) in [4.78, 5) is 49.1. The van der Waals surface area contributed by atoms with Crippen LogP contribution in [0, 0.1) is 11.8 Å². The number of fused-ring (bicyclic) bond motifs is 1. The van der Waals surface area contributed by atoms with Crippen molar-refractivity contribution >= 4 is 23.4 Å². The topological polar surface area (TPSA) is 101 Å². The van der Waals surface area contributed by atoms with Gasteiger partial charge in [0.25, 0.3) is 0 Å². The molecule has 1 aliphatic carbocycles. The number of nitrogens with zero attached hydrogens (tertiary/aromatic N) is 3. The molecule has 2 amide bonds. The second-order valence-electron chi connectivity index (χ2n) is 10.5. The molecule has 0 radical (unpaired) electrons. The van der Waals surface area contributed by atoms with Crippen LogP contribution in [0.5, 0.6) is 5.75 Å². The maximum Gasteiger partial charge on any atom is 0.248 e. The summed E-state index contributed by atoms with van der Waals surface area (Å²) in [5.74, 6) is -1.22. The average molecular weight is 521 g/mol. The number of hydrogen-bond acceptors (Lipinski definition) is 7. The lowest BCUT2D eigenvalue weighted by Gasteiger charge is -2.35. The minimum absolute atomic E-state index is 0.00810. The molecule has 202 valence electrons. The molecule has 2 aliphatic heterocycles. The lowest BCUT2D eigenvalue weighted by Crippen LogP contribution is -2.55. The lowest BCUT2D eigenvalue weighted by atomic mass is 9.86. The Bertz CT molecular complexity index is 1170. The maximum atomic E-state index is 13.7. The molecule has 1 unspecified atom stereocenters. The zero-order valence-corrected chi connectivity index (χ0v) is 22.2. The number of rotatable bonds is 7. The predicted molar refractivity (Wildman–Crippen MR) is 143 cm³/mol. The fraction of sp³-hybridized carbons (Fsp3) is 0.517.